The predicted molar refractivity (Wildman–Crippen MR) is 79.0 cm³/mol. The topological polar surface area (TPSA) is 79.3 Å². The van der Waals surface area contributed by atoms with Crippen molar-refractivity contribution < 1.29 is 9.84 Å². The van der Waals surface area contributed by atoms with Crippen LogP contribution in [-0.2, 0) is 0 Å². The summed E-state index contributed by atoms with van der Waals surface area (Å²) >= 11 is 5.89. The van der Waals surface area contributed by atoms with Gasteiger partial charge in [-0.05, 0) is 31.6 Å². The minimum atomic E-state index is 0.0189. The molecular weight excluding hydrogens is 264 g/mol. The maximum atomic E-state index is 9.21. The molecule has 102 valence electrons. The van der Waals surface area contributed by atoms with Crippen molar-refractivity contribution in [2.24, 2.45) is 0 Å². The molecular formula is C14H17ClN2O2. The Hall–Kier alpha value is -1.94. The van der Waals surface area contributed by atoms with Crippen LogP contribution in [0.3, 0.4) is 0 Å². The van der Waals surface area contributed by atoms with Gasteiger partial charge in [0.15, 0.2) is 0 Å². The number of hydrogen-bond acceptors (Lipinski definition) is 4. The van der Waals surface area contributed by atoms with Crippen molar-refractivity contribution >= 4 is 23.0 Å². The Morgan fingerprint density at radius 2 is 2.05 bits per heavy atom. The summed E-state index contributed by atoms with van der Waals surface area (Å²) < 4.78 is 5.64. The lowest BCUT2D eigenvalue weighted by Crippen LogP contribution is -2.08. The Kier molecular flexibility index (Phi) is 5.01. The summed E-state index contributed by atoms with van der Waals surface area (Å²) in [6.07, 6.45) is 0.252. The highest BCUT2D eigenvalue weighted by molar-refractivity contribution is 6.31. The Morgan fingerprint density at radius 3 is 2.53 bits per heavy atom. The van der Waals surface area contributed by atoms with Crippen molar-refractivity contribution in [3.05, 3.63) is 46.9 Å². The number of benzene rings is 1. The maximum Gasteiger partial charge on any atom is 0.147 e. The van der Waals surface area contributed by atoms with Gasteiger partial charge in [-0.2, -0.15) is 0 Å². The average molecular weight is 281 g/mol. The molecule has 5 heteroatoms. The third-order valence-corrected chi connectivity index (χ3v) is 2.53. The molecule has 0 radical (unpaired) electrons. The molecule has 0 saturated carbocycles. The van der Waals surface area contributed by atoms with E-state index in [-0.39, 0.29) is 17.9 Å². The number of aliphatic hydroxyl groups excluding tert-OH is 1. The first-order valence-corrected chi connectivity index (χ1v) is 6.03. The van der Waals surface area contributed by atoms with E-state index in [4.69, 9.17) is 27.5 Å². The fourth-order valence-electron chi connectivity index (χ4n) is 1.63. The molecule has 0 heterocycles. The van der Waals surface area contributed by atoms with E-state index in [0.717, 1.165) is 0 Å². The Labute approximate surface area is 117 Å². The Bertz CT molecular complexity index is 530. The summed E-state index contributed by atoms with van der Waals surface area (Å²) in [7, 11) is 0. The van der Waals surface area contributed by atoms with Gasteiger partial charge in [0.1, 0.15) is 11.5 Å². The SMILES string of the molecule is C=C(O)C/C(C)=C(\Oc1cc(N)cc(Cl)c1)C(C)=N. The highest BCUT2D eigenvalue weighted by atomic mass is 35.5. The van der Waals surface area contributed by atoms with Crippen LogP contribution in [0.15, 0.2) is 41.9 Å². The van der Waals surface area contributed by atoms with Crippen molar-refractivity contribution in [1.29, 1.82) is 5.41 Å². The van der Waals surface area contributed by atoms with Gasteiger partial charge in [-0.3, -0.25) is 0 Å². The Balaban J connectivity index is 3.09. The molecule has 0 spiro atoms. The molecule has 0 unspecified atom stereocenters. The number of nitrogens with two attached hydrogens (primary N) is 1. The zero-order valence-electron chi connectivity index (χ0n) is 11.0. The number of aliphatic hydroxyl groups is 1. The third kappa shape index (κ3) is 4.67. The predicted octanol–water partition coefficient (Wildman–Crippen LogP) is 4.08. The molecule has 0 aromatic heterocycles. The van der Waals surface area contributed by atoms with Crippen molar-refractivity contribution in [3.8, 4) is 5.75 Å². The van der Waals surface area contributed by atoms with E-state index in [1.807, 2.05) is 0 Å². The van der Waals surface area contributed by atoms with Crippen LogP contribution >= 0.6 is 11.6 Å². The second-order valence-electron chi connectivity index (χ2n) is 4.30. The van der Waals surface area contributed by atoms with Crippen LogP contribution in [0.4, 0.5) is 5.69 Å². The minimum absolute atomic E-state index is 0.0189. The molecule has 0 aliphatic rings. The minimum Gasteiger partial charge on any atom is -0.513 e. The van der Waals surface area contributed by atoms with Gasteiger partial charge in [-0.1, -0.05) is 18.2 Å². The first kappa shape index (κ1) is 15.1. The van der Waals surface area contributed by atoms with E-state index in [9.17, 15) is 5.11 Å². The summed E-state index contributed by atoms with van der Waals surface area (Å²) in [5, 5.41) is 17.4. The lowest BCUT2D eigenvalue weighted by atomic mass is 10.1. The summed E-state index contributed by atoms with van der Waals surface area (Å²) in [5.74, 6) is 0.844. The number of hydrogen-bond donors (Lipinski definition) is 3. The number of allylic oxidation sites excluding steroid dienone is 2. The van der Waals surface area contributed by atoms with E-state index in [2.05, 4.69) is 6.58 Å². The van der Waals surface area contributed by atoms with Gasteiger partial charge in [0.05, 0.1) is 11.5 Å². The number of halogens is 1. The smallest absolute Gasteiger partial charge is 0.147 e. The van der Waals surface area contributed by atoms with Crippen molar-refractivity contribution in [3.63, 3.8) is 0 Å². The zero-order valence-corrected chi connectivity index (χ0v) is 11.7. The largest absolute Gasteiger partial charge is 0.513 e. The molecule has 0 saturated heterocycles. The highest BCUT2D eigenvalue weighted by Gasteiger charge is 2.10. The van der Waals surface area contributed by atoms with Crippen molar-refractivity contribution in [2.45, 2.75) is 20.3 Å². The highest BCUT2D eigenvalue weighted by Crippen LogP contribution is 2.25. The van der Waals surface area contributed by atoms with Gasteiger partial charge in [0.2, 0.25) is 0 Å². The third-order valence-electron chi connectivity index (χ3n) is 2.31. The molecule has 19 heavy (non-hydrogen) atoms. The summed E-state index contributed by atoms with van der Waals surface area (Å²) in [5.41, 5.74) is 7.11. The number of nitrogens with one attached hydrogen (secondary N) is 1. The second-order valence-corrected chi connectivity index (χ2v) is 4.74. The molecule has 1 aromatic rings. The van der Waals surface area contributed by atoms with Gasteiger partial charge in [-0.15, -0.1) is 0 Å². The zero-order chi connectivity index (χ0) is 14.6. The average Bonchev–Trinajstić information content (AvgIpc) is 2.22. The number of rotatable bonds is 5. The molecule has 4 N–H and O–H groups in total. The van der Waals surface area contributed by atoms with Crippen LogP contribution in [-0.4, -0.2) is 10.8 Å². The second kappa shape index (κ2) is 6.29. The molecule has 4 nitrogen and oxygen atoms in total. The molecule has 1 aromatic carbocycles. The molecule has 0 bridgehead atoms. The van der Waals surface area contributed by atoms with E-state index >= 15 is 0 Å². The number of ether oxygens (including phenoxy) is 1. The van der Waals surface area contributed by atoms with Crippen LogP contribution in [0.1, 0.15) is 20.3 Å². The lowest BCUT2D eigenvalue weighted by molar-refractivity contribution is 0.394. The van der Waals surface area contributed by atoms with Gasteiger partial charge >= 0.3 is 0 Å². The van der Waals surface area contributed by atoms with Crippen LogP contribution in [0, 0.1) is 5.41 Å². The van der Waals surface area contributed by atoms with E-state index in [0.29, 0.717) is 27.8 Å². The van der Waals surface area contributed by atoms with Crippen LogP contribution in [0.25, 0.3) is 0 Å². The Morgan fingerprint density at radius 1 is 1.42 bits per heavy atom. The monoisotopic (exact) mass is 280 g/mol. The van der Waals surface area contributed by atoms with Crippen LogP contribution in [0.5, 0.6) is 5.75 Å². The number of anilines is 1. The van der Waals surface area contributed by atoms with Gasteiger partial charge in [-0.25, -0.2) is 0 Å². The fourth-order valence-corrected chi connectivity index (χ4v) is 1.86. The molecule has 0 aliphatic heterocycles. The van der Waals surface area contributed by atoms with Crippen molar-refractivity contribution in [1.82, 2.24) is 0 Å². The standard InChI is InChI=1S/C14H17ClN2O2/c1-8(4-9(2)18)14(10(3)16)19-13-6-11(15)5-12(17)7-13/h5-7,16,18H,2,4,17H2,1,3H3/b14-8-,16-10?. The maximum absolute atomic E-state index is 9.21. The first-order chi connectivity index (χ1) is 8.79. The van der Waals surface area contributed by atoms with Crippen LogP contribution in [0.2, 0.25) is 5.02 Å². The number of nitrogen functional groups attached to an aromatic ring is 1. The lowest BCUT2D eigenvalue weighted by Gasteiger charge is -2.13. The van der Waals surface area contributed by atoms with E-state index < -0.39 is 0 Å². The first-order valence-electron chi connectivity index (χ1n) is 5.65. The van der Waals surface area contributed by atoms with Gasteiger partial charge in [0.25, 0.3) is 0 Å². The molecule has 0 amide bonds. The summed E-state index contributed by atoms with van der Waals surface area (Å²) in [6, 6.07) is 4.84. The molecule has 0 fully saturated rings. The van der Waals surface area contributed by atoms with E-state index in [1.165, 1.54) is 0 Å². The van der Waals surface area contributed by atoms with Crippen molar-refractivity contribution in [2.75, 3.05) is 5.73 Å². The van der Waals surface area contributed by atoms with Gasteiger partial charge < -0.3 is 21.0 Å². The molecule has 0 atom stereocenters. The van der Waals surface area contributed by atoms with E-state index in [1.54, 1.807) is 32.0 Å². The van der Waals surface area contributed by atoms with Crippen LogP contribution < -0.4 is 10.5 Å². The quantitative estimate of drug-likeness (QED) is 0.432. The molecule has 1 rings (SSSR count). The normalized spacial score (nSPS) is 11.7. The summed E-state index contributed by atoms with van der Waals surface area (Å²) in [6.45, 7) is 6.80. The van der Waals surface area contributed by atoms with Gasteiger partial charge in [0, 0.05) is 23.2 Å². The molecule has 0 aliphatic carbocycles. The summed E-state index contributed by atoms with van der Waals surface area (Å²) in [4.78, 5) is 0. The fraction of sp³-hybridized carbons (Fsp3) is 0.214.